The van der Waals surface area contributed by atoms with Gasteiger partial charge in [0.1, 0.15) is 5.69 Å². The molecule has 2 atom stereocenters. The predicted octanol–water partition coefficient (Wildman–Crippen LogP) is 3.24. The molecule has 4 heterocycles. The van der Waals surface area contributed by atoms with Crippen LogP contribution in [-0.4, -0.2) is 46.0 Å². The first kappa shape index (κ1) is 16.8. The van der Waals surface area contributed by atoms with Gasteiger partial charge in [-0.25, -0.2) is 4.98 Å². The van der Waals surface area contributed by atoms with Crippen LogP contribution in [0.3, 0.4) is 0 Å². The van der Waals surface area contributed by atoms with Crippen molar-refractivity contribution >= 4 is 17.2 Å². The minimum Gasteiger partial charge on any atom is -0.350 e. The van der Waals surface area contributed by atoms with Crippen LogP contribution in [0, 0.1) is 12.8 Å². The van der Waals surface area contributed by atoms with E-state index in [0.29, 0.717) is 17.7 Å². The van der Waals surface area contributed by atoms with Crippen molar-refractivity contribution in [2.75, 3.05) is 19.6 Å². The Labute approximate surface area is 153 Å². The number of hydrogen-bond acceptors (Lipinski definition) is 4. The number of nitrogens with zero attached hydrogens (tertiary/aromatic N) is 3. The number of aromatic nitrogens is 2. The first-order valence-corrected chi connectivity index (χ1v) is 10.2. The lowest BCUT2D eigenvalue weighted by Gasteiger charge is -2.44. The molecule has 134 valence electrons. The highest BCUT2D eigenvalue weighted by atomic mass is 32.1. The van der Waals surface area contributed by atoms with Crippen molar-refractivity contribution in [3.63, 3.8) is 0 Å². The van der Waals surface area contributed by atoms with Crippen LogP contribution in [0.4, 0.5) is 0 Å². The van der Waals surface area contributed by atoms with Gasteiger partial charge in [-0.1, -0.05) is 6.42 Å². The van der Waals surface area contributed by atoms with Crippen LogP contribution >= 0.6 is 11.3 Å². The SMILES string of the molecule is Cc1sc(-n2cccc2)nc1C(=O)NC[C@H]1CCCN2CCCC[C@H]12. The summed E-state index contributed by atoms with van der Waals surface area (Å²) in [5, 5.41) is 4.02. The summed E-state index contributed by atoms with van der Waals surface area (Å²) in [5.74, 6) is 0.556. The quantitative estimate of drug-likeness (QED) is 0.913. The summed E-state index contributed by atoms with van der Waals surface area (Å²) < 4.78 is 1.95. The Morgan fingerprint density at radius 3 is 2.88 bits per heavy atom. The number of piperidine rings is 2. The molecule has 0 bridgehead atoms. The van der Waals surface area contributed by atoms with Gasteiger partial charge in [-0.15, -0.1) is 11.3 Å². The first-order chi connectivity index (χ1) is 12.2. The average Bonchev–Trinajstić information content (AvgIpc) is 3.29. The molecule has 2 saturated heterocycles. The molecular formula is C19H26N4OS. The summed E-state index contributed by atoms with van der Waals surface area (Å²) >= 11 is 1.56. The highest BCUT2D eigenvalue weighted by molar-refractivity contribution is 7.14. The number of rotatable bonds is 4. The Morgan fingerprint density at radius 1 is 1.24 bits per heavy atom. The van der Waals surface area contributed by atoms with Gasteiger partial charge in [0.25, 0.3) is 5.91 Å². The molecule has 0 spiro atoms. The van der Waals surface area contributed by atoms with Crippen molar-refractivity contribution in [1.29, 1.82) is 0 Å². The molecule has 6 heteroatoms. The van der Waals surface area contributed by atoms with Crippen LogP contribution in [0.1, 0.15) is 47.5 Å². The van der Waals surface area contributed by atoms with Gasteiger partial charge in [-0.05, 0) is 63.7 Å². The second-order valence-corrected chi connectivity index (χ2v) is 8.38. The lowest BCUT2D eigenvalue weighted by molar-refractivity contribution is 0.0575. The second-order valence-electron chi connectivity index (χ2n) is 7.20. The van der Waals surface area contributed by atoms with Crippen LogP contribution in [-0.2, 0) is 0 Å². The van der Waals surface area contributed by atoms with Crippen LogP contribution < -0.4 is 5.32 Å². The standard InChI is InChI=1S/C19H26N4OS/c1-14-17(21-19(25-14)23-10-4-5-11-23)18(24)20-13-15-7-6-12-22-9-3-2-8-16(15)22/h4-5,10-11,15-16H,2-3,6-9,12-13H2,1H3,(H,20,24)/t15-,16-/m1/s1. The van der Waals surface area contributed by atoms with E-state index >= 15 is 0 Å². The fraction of sp³-hybridized carbons (Fsp3) is 0.579. The molecule has 2 aliphatic heterocycles. The number of fused-ring (bicyclic) bond motifs is 1. The monoisotopic (exact) mass is 358 g/mol. The largest absolute Gasteiger partial charge is 0.350 e. The van der Waals surface area contributed by atoms with Crippen molar-refractivity contribution in [3.8, 4) is 5.13 Å². The van der Waals surface area contributed by atoms with Crippen molar-refractivity contribution in [2.45, 2.75) is 45.1 Å². The minimum atomic E-state index is -0.0277. The van der Waals surface area contributed by atoms with Crippen LogP contribution in [0.25, 0.3) is 5.13 Å². The number of carbonyl (C=O) groups excluding carboxylic acids is 1. The molecule has 4 rings (SSSR count). The molecule has 0 saturated carbocycles. The van der Waals surface area contributed by atoms with Gasteiger partial charge in [-0.3, -0.25) is 4.79 Å². The van der Waals surface area contributed by atoms with E-state index in [1.54, 1.807) is 11.3 Å². The van der Waals surface area contributed by atoms with E-state index < -0.39 is 0 Å². The molecule has 2 fully saturated rings. The number of hydrogen-bond donors (Lipinski definition) is 1. The Hall–Kier alpha value is -1.66. The molecule has 0 aromatic carbocycles. The lowest BCUT2D eigenvalue weighted by atomic mass is 9.83. The maximum Gasteiger partial charge on any atom is 0.271 e. The van der Waals surface area contributed by atoms with E-state index in [0.717, 1.165) is 16.6 Å². The van der Waals surface area contributed by atoms with E-state index in [9.17, 15) is 4.79 Å². The normalized spacial score (nSPS) is 24.0. The molecule has 2 aliphatic rings. The van der Waals surface area contributed by atoms with Gasteiger partial charge in [-0.2, -0.15) is 0 Å². The Bertz CT molecular complexity index is 722. The van der Waals surface area contributed by atoms with Gasteiger partial charge in [0.2, 0.25) is 0 Å². The summed E-state index contributed by atoms with van der Waals surface area (Å²) in [6.07, 6.45) is 10.3. The Morgan fingerprint density at radius 2 is 2.04 bits per heavy atom. The number of nitrogens with one attached hydrogen (secondary N) is 1. The summed E-state index contributed by atoms with van der Waals surface area (Å²) in [4.78, 5) is 20.8. The zero-order chi connectivity index (χ0) is 17.2. The van der Waals surface area contributed by atoms with Gasteiger partial charge >= 0.3 is 0 Å². The molecule has 2 aromatic heterocycles. The Kier molecular flexibility index (Phi) is 4.90. The maximum absolute atomic E-state index is 12.7. The third kappa shape index (κ3) is 3.51. The smallest absolute Gasteiger partial charge is 0.271 e. The van der Waals surface area contributed by atoms with Crippen molar-refractivity contribution in [2.24, 2.45) is 5.92 Å². The molecule has 25 heavy (non-hydrogen) atoms. The van der Waals surface area contributed by atoms with Gasteiger partial charge < -0.3 is 14.8 Å². The zero-order valence-corrected chi connectivity index (χ0v) is 15.6. The summed E-state index contributed by atoms with van der Waals surface area (Å²) in [7, 11) is 0. The number of amides is 1. The summed E-state index contributed by atoms with van der Waals surface area (Å²) in [6.45, 7) is 5.22. The van der Waals surface area contributed by atoms with E-state index in [1.807, 2.05) is 36.0 Å². The maximum atomic E-state index is 12.7. The molecule has 1 amide bonds. The molecule has 5 nitrogen and oxygen atoms in total. The topological polar surface area (TPSA) is 50.2 Å². The fourth-order valence-corrected chi connectivity index (χ4v) is 5.16. The van der Waals surface area contributed by atoms with Crippen LogP contribution in [0.5, 0.6) is 0 Å². The van der Waals surface area contributed by atoms with Crippen molar-refractivity contribution < 1.29 is 4.79 Å². The minimum absolute atomic E-state index is 0.0277. The third-order valence-electron chi connectivity index (χ3n) is 5.58. The van der Waals surface area contributed by atoms with Crippen molar-refractivity contribution in [3.05, 3.63) is 35.1 Å². The molecule has 0 radical (unpaired) electrons. The van der Waals surface area contributed by atoms with Crippen LogP contribution in [0.15, 0.2) is 24.5 Å². The zero-order valence-electron chi connectivity index (χ0n) is 14.8. The molecule has 0 unspecified atom stereocenters. The highest BCUT2D eigenvalue weighted by Crippen LogP contribution is 2.30. The molecule has 0 aliphatic carbocycles. The van der Waals surface area contributed by atoms with Crippen molar-refractivity contribution in [1.82, 2.24) is 19.8 Å². The Balaban J connectivity index is 1.40. The lowest BCUT2D eigenvalue weighted by Crippen LogP contribution is -2.51. The summed E-state index contributed by atoms with van der Waals surface area (Å²) in [5.41, 5.74) is 0.574. The average molecular weight is 359 g/mol. The van der Waals surface area contributed by atoms with E-state index in [2.05, 4.69) is 15.2 Å². The number of aryl methyl sites for hydroxylation is 1. The number of thiazole rings is 1. The second kappa shape index (κ2) is 7.30. The fourth-order valence-electron chi connectivity index (χ4n) is 4.29. The van der Waals surface area contributed by atoms with Gasteiger partial charge in [0.05, 0.1) is 0 Å². The third-order valence-corrected chi connectivity index (χ3v) is 6.56. The number of carbonyl (C=O) groups is 1. The highest BCUT2D eigenvalue weighted by Gasteiger charge is 2.33. The summed E-state index contributed by atoms with van der Waals surface area (Å²) in [6, 6.07) is 4.60. The van der Waals surface area contributed by atoms with Gasteiger partial charge in [0, 0.05) is 29.9 Å². The predicted molar refractivity (Wildman–Crippen MR) is 100 cm³/mol. The molecule has 1 N–H and O–H groups in total. The van der Waals surface area contributed by atoms with E-state index in [-0.39, 0.29) is 5.91 Å². The van der Waals surface area contributed by atoms with E-state index in [1.165, 1.54) is 45.2 Å². The molecular weight excluding hydrogens is 332 g/mol. The van der Waals surface area contributed by atoms with E-state index in [4.69, 9.17) is 0 Å². The van der Waals surface area contributed by atoms with Gasteiger partial charge in [0.15, 0.2) is 5.13 Å². The van der Waals surface area contributed by atoms with Crippen LogP contribution in [0.2, 0.25) is 0 Å². The molecule has 2 aromatic rings. The first-order valence-electron chi connectivity index (χ1n) is 9.35.